The van der Waals surface area contributed by atoms with Crippen molar-refractivity contribution in [2.24, 2.45) is 17.6 Å². The Kier molecular flexibility index (Phi) is 7.32. The third kappa shape index (κ3) is 4.52. The quantitative estimate of drug-likeness (QED) is 0.765. The van der Waals surface area contributed by atoms with E-state index in [0.29, 0.717) is 19.0 Å². The van der Waals surface area contributed by atoms with Gasteiger partial charge in [0.15, 0.2) is 0 Å². The fourth-order valence-electron chi connectivity index (χ4n) is 6.05. The largest absolute Gasteiger partial charge is 0.330 e. The molecule has 2 fully saturated rings. The molecule has 1 aliphatic carbocycles. The van der Waals surface area contributed by atoms with Crippen LogP contribution in [0.5, 0.6) is 0 Å². The first-order valence-corrected chi connectivity index (χ1v) is 12.3. The average Bonchev–Trinajstić information content (AvgIpc) is 3.01. The van der Waals surface area contributed by atoms with Crippen molar-refractivity contribution in [3.63, 3.8) is 0 Å². The molecule has 1 aromatic heterocycles. The van der Waals surface area contributed by atoms with Gasteiger partial charge in [0.05, 0.1) is 11.0 Å². The summed E-state index contributed by atoms with van der Waals surface area (Å²) in [5.74, 6) is 1.30. The van der Waals surface area contributed by atoms with Gasteiger partial charge in [-0.1, -0.05) is 44.2 Å². The second-order valence-corrected chi connectivity index (χ2v) is 9.55. The number of likely N-dealkylation sites (tertiary alicyclic amines) is 1. The van der Waals surface area contributed by atoms with Crippen LogP contribution in [0.1, 0.15) is 70.8 Å². The Labute approximate surface area is 181 Å². The Morgan fingerprint density at radius 3 is 2.40 bits per heavy atom. The zero-order valence-electron chi connectivity index (χ0n) is 18.8. The van der Waals surface area contributed by atoms with Crippen molar-refractivity contribution >= 4 is 11.0 Å². The second-order valence-electron chi connectivity index (χ2n) is 9.55. The molecule has 2 atom stereocenters. The zero-order chi connectivity index (χ0) is 20.9. The van der Waals surface area contributed by atoms with E-state index in [1.165, 1.54) is 51.5 Å². The van der Waals surface area contributed by atoms with Crippen molar-refractivity contribution in [2.45, 2.75) is 77.3 Å². The molecule has 1 aromatic carbocycles. The number of nitrogens with two attached hydrogens (primary N) is 1. The van der Waals surface area contributed by atoms with E-state index in [1.54, 1.807) is 0 Å². The van der Waals surface area contributed by atoms with Crippen LogP contribution in [0, 0.1) is 11.8 Å². The lowest BCUT2D eigenvalue weighted by molar-refractivity contribution is 0.0981. The van der Waals surface area contributed by atoms with E-state index in [2.05, 4.69) is 34.6 Å². The summed E-state index contributed by atoms with van der Waals surface area (Å²) in [7, 11) is 0. The first-order chi connectivity index (χ1) is 14.7. The minimum Gasteiger partial charge on any atom is -0.330 e. The van der Waals surface area contributed by atoms with Crippen molar-refractivity contribution in [3.8, 4) is 0 Å². The number of benzene rings is 1. The highest BCUT2D eigenvalue weighted by Gasteiger charge is 2.33. The summed E-state index contributed by atoms with van der Waals surface area (Å²) in [6, 6.07) is 8.54. The molecular weight excluding hydrogens is 372 g/mol. The van der Waals surface area contributed by atoms with Crippen LogP contribution in [0.2, 0.25) is 0 Å². The van der Waals surface area contributed by atoms with Gasteiger partial charge in [-0.25, -0.2) is 4.79 Å². The lowest BCUT2D eigenvalue weighted by Crippen LogP contribution is -2.46. The van der Waals surface area contributed by atoms with E-state index in [-0.39, 0.29) is 11.7 Å². The van der Waals surface area contributed by atoms with Crippen LogP contribution in [0.15, 0.2) is 29.1 Å². The minimum atomic E-state index is 0.152. The molecule has 30 heavy (non-hydrogen) atoms. The number of aromatic nitrogens is 2. The van der Waals surface area contributed by atoms with Gasteiger partial charge in [0.25, 0.3) is 0 Å². The fraction of sp³-hybridized carbons (Fsp3) is 0.720. The van der Waals surface area contributed by atoms with E-state index in [4.69, 9.17) is 5.73 Å². The first kappa shape index (κ1) is 21.6. The van der Waals surface area contributed by atoms with E-state index in [9.17, 15) is 4.79 Å². The van der Waals surface area contributed by atoms with Crippen LogP contribution in [-0.4, -0.2) is 40.2 Å². The maximum Gasteiger partial charge on any atom is 0.329 e. The molecule has 1 saturated carbocycles. The van der Waals surface area contributed by atoms with E-state index < -0.39 is 0 Å². The molecule has 2 N–H and O–H groups in total. The summed E-state index contributed by atoms with van der Waals surface area (Å²) in [6.07, 6.45) is 11.9. The lowest BCUT2D eigenvalue weighted by Gasteiger charge is -2.40. The summed E-state index contributed by atoms with van der Waals surface area (Å²) in [5, 5.41) is 0. The molecule has 4 rings (SSSR count). The standard InChI is InChI=1S/C25H40N4O/c1-2-28-23-12-8-9-13-24(23)29(25(28)30)22-15-17-27(19-21(22)14-16-26)18-20-10-6-4-3-5-7-11-20/h8-9,12-13,20-22H,2-7,10-11,14-19,26H2,1H3. The van der Waals surface area contributed by atoms with Crippen molar-refractivity contribution in [1.29, 1.82) is 0 Å². The van der Waals surface area contributed by atoms with Crippen molar-refractivity contribution < 1.29 is 0 Å². The molecule has 2 unspecified atom stereocenters. The number of fused-ring (bicyclic) bond motifs is 1. The Morgan fingerprint density at radius 2 is 1.70 bits per heavy atom. The fourth-order valence-corrected chi connectivity index (χ4v) is 6.05. The summed E-state index contributed by atoms with van der Waals surface area (Å²) in [6.45, 7) is 6.89. The maximum atomic E-state index is 13.3. The van der Waals surface area contributed by atoms with Gasteiger partial charge < -0.3 is 10.6 Å². The number of hydrogen-bond acceptors (Lipinski definition) is 3. The summed E-state index contributed by atoms with van der Waals surface area (Å²) in [5.41, 5.74) is 8.34. The zero-order valence-corrected chi connectivity index (χ0v) is 18.8. The number of rotatable bonds is 6. The molecule has 1 aliphatic heterocycles. The minimum absolute atomic E-state index is 0.152. The van der Waals surface area contributed by atoms with Gasteiger partial charge in [-0.15, -0.1) is 0 Å². The second kappa shape index (κ2) is 10.1. The topological polar surface area (TPSA) is 56.2 Å². The highest BCUT2D eigenvalue weighted by molar-refractivity contribution is 5.76. The monoisotopic (exact) mass is 412 g/mol. The number of piperidine rings is 1. The van der Waals surface area contributed by atoms with Crippen molar-refractivity contribution in [2.75, 3.05) is 26.2 Å². The maximum absolute atomic E-state index is 13.3. The molecule has 2 heterocycles. The molecule has 0 amide bonds. The molecule has 0 radical (unpaired) electrons. The van der Waals surface area contributed by atoms with E-state index in [1.807, 2.05) is 10.6 Å². The van der Waals surface area contributed by atoms with Crippen molar-refractivity contribution in [1.82, 2.24) is 14.0 Å². The van der Waals surface area contributed by atoms with Crippen LogP contribution in [0.25, 0.3) is 11.0 Å². The van der Waals surface area contributed by atoms with Gasteiger partial charge in [0.2, 0.25) is 0 Å². The Balaban J connectivity index is 1.54. The smallest absolute Gasteiger partial charge is 0.329 e. The van der Waals surface area contributed by atoms with E-state index in [0.717, 1.165) is 42.9 Å². The SMILES string of the molecule is CCn1c(=O)n(C2CCN(CC3CCCCCCC3)CC2CCN)c2ccccc21. The van der Waals surface area contributed by atoms with Crippen molar-refractivity contribution in [3.05, 3.63) is 34.7 Å². The Morgan fingerprint density at radius 1 is 1.00 bits per heavy atom. The predicted molar refractivity (Wildman–Crippen MR) is 125 cm³/mol. The molecule has 166 valence electrons. The van der Waals surface area contributed by atoms with Crippen LogP contribution in [0.3, 0.4) is 0 Å². The molecule has 2 aliphatic rings. The van der Waals surface area contributed by atoms with Crippen LogP contribution < -0.4 is 11.4 Å². The molecule has 2 aromatic rings. The van der Waals surface area contributed by atoms with Gasteiger partial charge in [-0.2, -0.15) is 0 Å². The molecule has 5 nitrogen and oxygen atoms in total. The van der Waals surface area contributed by atoms with Gasteiger partial charge in [0, 0.05) is 32.2 Å². The Bertz CT molecular complexity index is 862. The third-order valence-electron chi connectivity index (χ3n) is 7.57. The molecule has 0 bridgehead atoms. The molecule has 0 spiro atoms. The highest BCUT2D eigenvalue weighted by atomic mass is 16.1. The first-order valence-electron chi connectivity index (χ1n) is 12.3. The number of imidazole rings is 1. The number of nitrogens with zero attached hydrogens (tertiary/aromatic N) is 3. The van der Waals surface area contributed by atoms with Gasteiger partial charge >= 0.3 is 5.69 Å². The van der Waals surface area contributed by atoms with Gasteiger partial charge in [-0.05, 0) is 63.1 Å². The molecule has 5 heteroatoms. The summed E-state index contributed by atoms with van der Waals surface area (Å²) in [4.78, 5) is 16.0. The molecular formula is C25H40N4O. The predicted octanol–water partition coefficient (Wildman–Crippen LogP) is 4.40. The van der Waals surface area contributed by atoms with Crippen LogP contribution in [0.4, 0.5) is 0 Å². The Hall–Kier alpha value is -1.59. The normalized spacial score (nSPS) is 24.7. The molecule has 1 saturated heterocycles. The van der Waals surface area contributed by atoms with Crippen LogP contribution >= 0.6 is 0 Å². The number of hydrogen-bond donors (Lipinski definition) is 1. The van der Waals surface area contributed by atoms with Gasteiger partial charge in [0.1, 0.15) is 0 Å². The highest BCUT2D eigenvalue weighted by Crippen LogP contribution is 2.33. The lowest BCUT2D eigenvalue weighted by atomic mass is 9.86. The van der Waals surface area contributed by atoms with Crippen LogP contribution in [-0.2, 0) is 6.54 Å². The average molecular weight is 413 g/mol. The van der Waals surface area contributed by atoms with E-state index >= 15 is 0 Å². The third-order valence-corrected chi connectivity index (χ3v) is 7.57. The summed E-state index contributed by atoms with van der Waals surface area (Å²) >= 11 is 0. The van der Waals surface area contributed by atoms with Gasteiger partial charge in [-0.3, -0.25) is 9.13 Å². The number of para-hydroxylation sites is 2. The number of aryl methyl sites for hydroxylation is 1. The summed E-state index contributed by atoms with van der Waals surface area (Å²) < 4.78 is 4.03.